The van der Waals surface area contributed by atoms with Gasteiger partial charge >= 0.3 is 0 Å². The summed E-state index contributed by atoms with van der Waals surface area (Å²) in [5.74, 6) is 0. The van der Waals surface area contributed by atoms with Gasteiger partial charge < -0.3 is 5.41 Å². The molecule has 1 heteroatoms. The fraction of sp³-hybridized carbons (Fsp3) is 0.417. The molecule has 0 heterocycles. The van der Waals surface area contributed by atoms with E-state index in [1.54, 1.807) is 0 Å². The van der Waals surface area contributed by atoms with Crippen molar-refractivity contribution in [1.29, 1.82) is 5.41 Å². The summed E-state index contributed by atoms with van der Waals surface area (Å²) in [5, 5.41) is 7.84. The first kappa shape index (κ1) is 8.49. The summed E-state index contributed by atoms with van der Waals surface area (Å²) in [4.78, 5) is 0. The Morgan fingerprint density at radius 3 is 2.23 bits per heavy atom. The molecular formula is C12H15N. The summed E-state index contributed by atoms with van der Waals surface area (Å²) >= 11 is 0. The number of nitrogens with one attached hydrogen (secondary N) is 1. The van der Waals surface area contributed by atoms with Crippen LogP contribution < -0.4 is 0 Å². The molecule has 13 heavy (non-hydrogen) atoms. The van der Waals surface area contributed by atoms with Crippen molar-refractivity contribution in [3.05, 3.63) is 35.9 Å². The number of benzene rings is 1. The molecule has 0 radical (unpaired) electrons. The van der Waals surface area contributed by atoms with Crippen LogP contribution in [0.2, 0.25) is 0 Å². The zero-order valence-corrected chi connectivity index (χ0v) is 8.01. The maximum atomic E-state index is 7.84. The van der Waals surface area contributed by atoms with Crippen LogP contribution in [-0.4, -0.2) is 5.71 Å². The van der Waals surface area contributed by atoms with Crippen LogP contribution in [0.1, 0.15) is 31.7 Å². The molecule has 1 aliphatic carbocycles. The molecule has 2 rings (SSSR count). The van der Waals surface area contributed by atoms with Crippen molar-refractivity contribution in [2.45, 2.75) is 31.6 Å². The van der Waals surface area contributed by atoms with Crippen molar-refractivity contribution in [2.75, 3.05) is 0 Å². The molecular weight excluding hydrogens is 158 g/mol. The highest BCUT2D eigenvalue weighted by atomic mass is 14.5. The quantitative estimate of drug-likeness (QED) is 0.664. The molecule has 1 saturated carbocycles. The van der Waals surface area contributed by atoms with Crippen LogP contribution in [0.25, 0.3) is 0 Å². The lowest BCUT2D eigenvalue weighted by molar-refractivity contribution is 0.338. The molecule has 0 saturated heterocycles. The van der Waals surface area contributed by atoms with Crippen molar-refractivity contribution in [1.82, 2.24) is 0 Å². The molecule has 1 aromatic rings. The van der Waals surface area contributed by atoms with Crippen LogP contribution in [0.3, 0.4) is 0 Å². The van der Waals surface area contributed by atoms with Crippen molar-refractivity contribution >= 4 is 5.71 Å². The highest BCUT2D eigenvalue weighted by Crippen LogP contribution is 2.44. The standard InChI is InChI=1S/C12H15N/c1-10(13)12(8-5-9-12)11-6-3-2-4-7-11/h2-4,6-7,13H,5,8-9H2,1H3. The first-order valence-electron chi connectivity index (χ1n) is 4.87. The second kappa shape index (κ2) is 2.99. The van der Waals surface area contributed by atoms with Gasteiger partial charge in [-0.2, -0.15) is 0 Å². The Morgan fingerprint density at radius 2 is 1.85 bits per heavy atom. The van der Waals surface area contributed by atoms with Crippen LogP contribution in [0, 0.1) is 5.41 Å². The lowest BCUT2D eigenvalue weighted by Crippen LogP contribution is -2.40. The minimum atomic E-state index is 0.0985. The number of hydrogen-bond donors (Lipinski definition) is 1. The lowest BCUT2D eigenvalue weighted by atomic mass is 9.62. The van der Waals surface area contributed by atoms with Gasteiger partial charge in [0.05, 0.1) is 0 Å². The van der Waals surface area contributed by atoms with Crippen LogP contribution in [0.15, 0.2) is 30.3 Å². The summed E-state index contributed by atoms with van der Waals surface area (Å²) in [5.41, 5.74) is 2.25. The Labute approximate surface area is 79.3 Å². The minimum absolute atomic E-state index is 0.0985. The van der Waals surface area contributed by atoms with E-state index >= 15 is 0 Å². The van der Waals surface area contributed by atoms with Gasteiger partial charge in [-0.1, -0.05) is 36.8 Å². The van der Waals surface area contributed by atoms with Gasteiger partial charge in [-0.15, -0.1) is 0 Å². The van der Waals surface area contributed by atoms with E-state index in [4.69, 9.17) is 5.41 Å². The third-order valence-electron chi connectivity index (χ3n) is 3.25. The van der Waals surface area contributed by atoms with E-state index in [2.05, 4.69) is 24.3 Å². The van der Waals surface area contributed by atoms with Gasteiger partial charge in [0, 0.05) is 11.1 Å². The van der Waals surface area contributed by atoms with E-state index in [0.29, 0.717) is 0 Å². The lowest BCUT2D eigenvalue weighted by Gasteiger charge is -2.42. The second-order valence-corrected chi connectivity index (χ2v) is 3.93. The normalized spacial score (nSPS) is 19.2. The van der Waals surface area contributed by atoms with Gasteiger partial charge in [-0.3, -0.25) is 0 Å². The molecule has 1 fully saturated rings. The first-order valence-corrected chi connectivity index (χ1v) is 4.87. The SMILES string of the molecule is CC(=N)C1(c2ccccc2)CCC1. The molecule has 0 amide bonds. The van der Waals surface area contributed by atoms with Gasteiger partial charge in [-0.25, -0.2) is 0 Å². The summed E-state index contributed by atoms with van der Waals surface area (Å²) in [6.45, 7) is 1.94. The smallest absolute Gasteiger partial charge is 0.0326 e. The number of rotatable bonds is 2. The fourth-order valence-corrected chi connectivity index (χ4v) is 2.17. The zero-order chi connectivity index (χ0) is 9.31. The Balaban J connectivity index is 2.38. The van der Waals surface area contributed by atoms with Crippen LogP contribution in [0.4, 0.5) is 0 Å². The molecule has 68 valence electrons. The predicted octanol–water partition coefficient (Wildman–Crippen LogP) is 3.15. The van der Waals surface area contributed by atoms with E-state index in [1.165, 1.54) is 12.0 Å². The molecule has 0 spiro atoms. The Kier molecular flexibility index (Phi) is 1.95. The number of hydrogen-bond acceptors (Lipinski definition) is 1. The highest BCUT2D eigenvalue weighted by Gasteiger charge is 2.40. The van der Waals surface area contributed by atoms with Gasteiger partial charge in [-0.05, 0) is 25.3 Å². The molecule has 0 unspecified atom stereocenters. The van der Waals surface area contributed by atoms with E-state index in [0.717, 1.165) is 18.6 Å². The predicted molar refractivity (Wildman–Crippen MR) is 55.4 cm³/mol. The highest BCUT2D eigenvalue weighted by molar-refractivity contribution is 5.91. The third kappa shape index (κ3) is 1.19. The Bertz CT molecular complexity index is 309. The summed E-state index contributed by atoms with van der Waals surface area (Å²) < 4.78 is 0. The Hall–Kier alpha value is -1.11. The van der Waals surface area contributed by atoms with Crippen molar-refractivity contribution in [3.63, 3.8) is 0 Å². The van der Waals surface area contributed by atoms with Gasteiger partial charge in [0.2, 0.25) is 0 Å². The van der Waals surface area contributed by atoms with E-state index < -0.39 is 0 Å². The summed E-state index contributed by atoms with van der Waals surface area (Å²) in [6, 6.07) is 10.5. The van der Waals surface area contributed by atoms with Gasteiger partial charge in [0.15, 0.2) is 0 Å². The monoisotopic (exact) mass is 173 g/mol. The van der Waals surface area contributed by atoms with Crippen molar-refractivity contribution < 1.29 is 0 Å². The topological polar surface area (TPSA) is 23.9 Å². The van der Waals surface area contributed by atoms with E-state index in [1.807, 2.05) is 13.0 Å². The molecule has 0 bridgehead atoms. The van der Waals surface area contributed by atoms with Gasteiger partial charge in [0.1, 0.15) is 0 Å². The van der Waals surface area contributed by atoms with E-state index in [-0.39, 0.29) is 5.41 Å². The van der Waals surface area contributed by atoms with Crippen molar-refractivity contribution in [3.8, 4) is 0 Å². The van der Waals surface area contributed by atoms with Gasteiger partial charge in [0.25, 0.3) is 0 Å². The Morgan fingerprint density at radius 1 is 1.23 bits per heavy atom. The van der Waals surface area contributed by atoms with E-state index in [9.17, 15) is 0 Å². The largest absolute Gasteiger partial charge is 0.309 e. The molecule has 0 aromatic heterocycles. The van der Waals surface area contributed by atoms with Crippen LogP contribution in [0.5, 0.6) is 0 Å². The second-order valence-electron chi connectivity index (χ2n) is 3.93. The average Bonchev–Trinajstić information content (AvgIpc) is 2.03. The molecule has 1 nitrogen and oxygen atoms in total. The maximum absolute atomic E-state index is 7.84. The molecule has 0 aliphatic heterocycles. The molecule has 1 aromatic carbocycles. The average molecular weight is 173 g/mol. The van der Waals surface area contributed by atoms with Crippen molar-refractivity contribution in [2.24, 2.45) is 0 Å². The summed E-state index contributed by atoms with van der Waals surface area (Å²) in [6.07, 6.45) is 3.59. The maximum Gasteiger partial charge on any atom is 0.0326 e. The molecule has 1 N–H and O–H groups in total. The van der Waals surface area contributed by atoms with Crippen LogP contribution in [-0.2, 0) is 5.41 Å². The summed E-state index contributed by atoms with van der Waals surface area (Å²) in [7, 11) is 0. The minimum Gasteiger partial charge on any atom is -0.309 e. The molecule has 0 atom stereocenters. The first-order chi connectivity index (χ1) is 6.26. The molecule has 1 aliphatic rings. The van der Waals surface area contributed by atoms with Crippen LogP contribution >= 0.6 is 0 Å². The zero-order valence-electron chi connectivity index (χ0n) is 8.01. The fourth-order valence-electron chi connectivity index (χ4n) is 2.17. The third-order valence-corrected chi connectivity index (χ3v) is 3.25.